The Balaban J connectivity index is 1.92. The van der Waals surface area contributed by atoms with Crippen LogP contribution in [0.1, 0.15) is 66.5 Å². The van der Waals surface area contributed by atoms with Gasteiger partial charge in [-0.25, -0.2) is 4.79 Å². The van der Waals surface area contributed by atoms with Gasteiger partial charge in [0.25, 0.3) is 5.56 Å². The Hall–Kier alpha value is -2.19. The molecular weight excluding hydrogens is 509 g/mol. The predicted octanol–water partition coefficient (Wildman–Crippen LogP) is 0.704. The largest absolute Gasteiger partial charge is 0.388 e. The number of nitrogens with zero attached hydrogens (tertiary/aromatic N) is 4. The van der Waals surface area contributed by atoms with Crippen LogP contribution in [0.4, 0.5) is 0 Å². The molecular formula is C22H36N5O9P. The highest BCUT2D eigenvalue weighted by molar-refractivity contribution is 7.54. The Bertz CT molecular complexity index is 1250. The Labute approximate surface area is 213 Å². The number of hydrogen-bond acceptors (Lipinski definition) is 10. The van der Waals surface area contributed by atoms with Crippen molar-refractivity contribution in [1.82, 2.24) is 24.5 Å². The average molecular weight is 546 g/mol. The van der Waals surface area contributed by atoms with E-state index in [1.165, 1.54) is 24.0 Å². The molecule has 3 rings (SSSR count). The summed E-state index contributed by atoms with van der Waals surface area (Å²) in [6.45, 7) is 8.56. The highest BCUT2D eigenvalue weighted by Gasteiger charge is 2.51. The van der Waals surface area contributed by atoms with Crippen molar-refractivity contribution in [3.63, 3.8) is 0 Å². The fourth-order valence-electron chi connectivity index (χ4n) is 4.19. The quantitative estimate of drug-likeness (QED) is 0.249. The minimum atomic E-state index is -4.52. The van der Waals surface area contributed by atoms with Crippen LogP contribution in [0.25, 0.3) is 11.3 Å². The molecule has 0 saturated carbocycles. The highest BCUT2D eigenvalue weighted by atomic mass is 31.2. The van der Waals surface area contributed by atoms with Crippen molar-refractivity contribution in [2.75, 3.05) is 0 Å². The third-order valence-corrected chi connectivity index (χ3v) is 9.34. The van der Waals surface area contributed by atoms with Crippen LogP contribution >= 0.6 is 7.60 Å². The molecule has 6 unspecified atom stereocenters. The molecule has 1 aliphatic rings. The second-order valence-electron chi connectivity index (χ2n) is 9.49. The summed E-state index contributed by atoms with van der Waals surface area (Å²) in [7, 11) is -4.52. The summed E-state index contributed by atoms with van der Waals surface area (Å²) < 4.78 is 26.9. The number of aliphatic hydroxyl groups excluding tert-OH is 2. The van der Waals surface area contributed by atoms with Crippen molar-refractivity contribution in [2.24, 2.45) is 0 Å². The molecule has 2 aromatic heterocycles. The molecule has 37 heavy (non-hydrogen) atoms. The van der Waals surface area contributed by atoms with E-state index in [0.717, 1.165) is 4.57 Å². The number of aliphatic hydroxyl groups is 3. The molecule has 1 aliphatic heterocycles. The van der Waals surface area contributed by atoms with Gasteiger partial charge in [-0.3, -0.25) is 28.1 Å². The lowest BCUT2D eigenvalue weighted by atomic mass is 9.88. The third kappa shape index (κ3) is 5.65. The first-order chi connectivity index (χ1) is 17.2. The van der Waals surface area contributed by atoms with Crippen molar-refractivity contribution >= 4 is 7.60 Å². The number of aromatic nitrogens is 5. The fraction of sp³-hybridized carbons (Fsp3) is 0.727. The molecule has 208 valence electrons. The summed E-state index contributed by atoms with van der Waals surface area (Å²) in [5, 5.41) is 37.8. The van der Waals surface area contributed by atoms with Crippen LogP contribution in [0.5, 0.6) is 0 Å². The van der Waals surface area contributed by atoms with E-state index in [1.807, 2.05) is 6.92 Å². The molecule has 0 bridgehead atoms. The normalized spacial score (nSPS) is 25.6. The van der Waals surface area contributed by atoms with Gasteiger partial charge in [-0.15, -0.1) is 5.10 Å². The Morgan fingerprint density at radius 2 is 1.78 bits per heavy atom. The van der Waals surface area contributed by atoms with Gasteiger partial charge >= 0.3 is 13.3 Å². The molecule has 0 aliphatic carbocycles. The Morgan fingerprint density at radius 3 is 2.32 bits per heavy atom. The first kappa shape index (κ1) is 29.4. The van der Waals surface area contributed by atoms with Gasteiger partial charge in [0.2, 0.25) is 0 Å². The highest BCUT2D eigenvalue weighted by Crippen LogP contribution is 2.59. The van der Waals surface area contributed by atoms with E-state index in [2.05, 4.69) is 15.3 Å². The minimum absolute atomic E-state index is 0.0100. The number of nitrogens with one attached hydrogen (secondary N) is 1. The molecule has 3 heterocycles. The summed E-state index contributed by atoms with van der Waals surface area (Å²) in [6, 6.07) is 0. The van der Waals surface area contributed by atoms with Gasteiger partial charge in [-0.1, -0.05) is 26.0 Å². The lowest BCUT2D eigenvalue weighted by Crippen LogP contribution is -2.41. The van der Waals surface area contributed by atoms with Gasteiger partial charge < -0.3 is 24.9 Å². The van der Waals surface area contributed by atoms with Gasteiger partial charge in [0, 0.05) is 19.2 Å². The first-order valence-electron chi connectivity index (χ1n) is 12.3. The molecule has 0 aromatic carbocycles. The number of hydrogen-bond donors (Lipinski definition) is 5. The van der Waals surface area contributed by atoms with Crippen LogP contribution in [0.3, 0.4) is 0 Å². The Morgan fingerprint density at radius 1 is 1.14 bits per heavy atom. The second kappa shape index (κ2) is 10.9. The van der Waals surface area contributed by atoms with Crippen molar-refractivity contribution in [3.05, 3.63) is 33.2 Å². The van der Waals surface area contributed by atoms with Gasteiger partial charge in [0.05, 0.1) is 23.5 Å². The molecule has 14 nitrogen and oxygen atoms in total. The van der Waals surface area contributed by atoms with E-state index >= 15 is 0 Å². The van der Waals surface area contributed by atoms with E-state index in [4.69, 9.17) is 9.26 Å². The van der Waals surface area contributed by atoms with E-state index in [1.54, 1.807) is 20.8 Å². The van der Waals surface area contributed by atoms with Crippen LogP contribution < -0.4 is 11.2 Å². The van der Waals surface area contributed by atoms with Crippen LogP contribution in [0.2, 0.25) is 0 Å². The predicted molar refractivity (Wildman–Crippen MR) is 132 cm³/mol. The number of aryl methyl sites for hydroxylation is 1. The maximum absolute atomic E-state index is 12.9. The fourth-order valence-corrected chi connectivity index (χ4v) is 5.65. The molecule has 1 saturated heterocycles. The molecule has 1 fully saturated rings. The van der Waals surface area contributed by atoms with E-state index < -0.39 is 54.3 Å². The number of ether oxygens (including phenoxy) is 1. The molecule has 2 aromatic rings. The van der Waals surface area contributed by atoms with E-state index in [9.17, 15) is 34.4 Å². The van der Waals surface area contributed by atoms with Crippen molar-refractivity contribution in [2.45, 2.75) is 102 Å². The topological polar surface area (TPSA) is 202 Å². The van der Waals surface area contributed by atoms with Crippen molar-refractivity contribution < 1.29 is 34.0 Å². The first-order valence-corrected chi connectivity index (χ1v) is 13.9. The van der Waals surface area contributed by atoms with Crippen LogP contribution in [-0.2, 0) is 20.4 Å². The lowest BCUT2D eigenvalue weighted by molar-refractivity contribution is -0.0774. The molecule has 15 heteroatoms. The number of H-pyrrole nitrogens is 1. The smallest absolute Gasteiger partial charge is 0.359 e. The summed E-state index contributed by atoms with van der Waals surface area (Å²) in [6.07, 6.45) is -2.52. The van der Waals surface area contributed by atoms with E-state index in [0.29, 0.717) is 6.54 Å². The lowest BCUT2D eigenvalue weighted by Gasteiger charge is -2.39. The summed E-state index contributed by atoms with van der Waals surface area (Å²) in [5.41, 5.74) is -2.66. The van der Waals surface area contributed by atoms with Crippen LogP contribution in [0, 0.1) is 0 Å². The molecule has 0 radical (unpaired) electrons. The maximum atomic E-state index is 12.9. The molecule has 0 amide bonds. The van der Waals surface area contributed by atoms with Crippen LogP contribution in [0.15, 0.2) is 22.0 Å². The summed E-state index contributed by atoms with van der Waals surface area (Å²) in [5.74, 6) is 0. The third-order valence-electron chi connectivity index (χ3n) is 7.18. The Kier molecular flexibility index (Phi) is 8.64. The van der Waals surface area contributed by atoms with Crippen LogP contribution in [-0.4, -0.2) is 74.0 Å². The van der Waals surface area contributed by atoms with Gasteiger partial charge in [0.15, 0.2) is 11.6 Å². The zero-order chi connectivity index (χ0) is 27.8. The maximum Gasteiger partial charge on any atom is 0.359 e. The average Bonchev–Trinajstić information content (AvgIpc) is 3.44. The van der Waals surface area contributed by atoms with Crippen molar-refractivity contribution in [1.29, 1.82) is 0 Å². The van der Waals surface area contributed by atoms with E-state index in [-0.39, 0.29) is 36.9 Å². The number of rotatable bonds is 11. The molecule has 5 N–H and O–H groups in total. The number of aromatic amines is 1. The van der Waals surface area contributed by atoms with Gasteiger partial charge in [0.1, 0.15) is 17.9 Å². The molecule has 0 spiro atoms. The molecule has 6 atom stereocenters. The summed E-state index contributed by atoms with van der Waals surface area (Å²) >= 11 is 0. The zero-order valence-electron chi connectivity index (χ0n) is 21.6. The van der Waals surface area contributed by atoms with Gasteiger partial charge in [-0.05, 0) is 33.1 Å². The SMILES string of the molecule is CCn1cc(-c2cn(C3OC(CC(CC)(CC)OP(=O)(O)C(C)(O)CC)C(O)C3O)c(=O)[nH]c2=O)nn1. The summed E-state index contributed by atoms with van der Waals surface area (Å²) in [4.78, 5) is 37.8. The second-order valence-corrected chi connectivity index (χ2v) is 11.7. The monoisotopic (exact) mass is 545 g/mol. The van der Waals surface area contributed by atoms with Crippen molar-refractivity contribution in [3.8, 4) is 11.3 Å². The zero-order valence-corrected chi connectivity index (χ0v) is 22.5. The van der Waals surface area contributed by atoms with Gasteiger partial charge in [-0.2, -0.15) is 0 Å². The standard InChI is InChI=1S/C22H36N5O9P/c1-6-21(5,32)37(33,34)36-22(7-2,8-3)10-15-16(28)17(29)19(35-15)27-11-13(18(30)23-20(27)31)14-12-26(9-4)25-24-14/h11-12,15-17,19,28-29,32H,6-10H2,1-5H3,(H,33,34)(H,23,30,31). The minimum Gasteiger partial charge on any atom is -0.388 e.